The second kappa shape index (κ2) is 3.72. The van der Waals surface area contributed by atoms with Gasteiger partial charge in [0.15, 0.2) is 10.8 Å². The number of aliphatic carboxylic acids is 1. The highest BCUT2D eigenvalue weighted by Gasteiger charge is 2.23. The Labute approximate surface area is 97.5 Å². The highest BCUT2D eigenvalue weighted by atomic mass is 35.5. The smallest absolute Gasteiger partial charge is 0.352 e. The normalized spacial score (nSPS) is 16.2. The second-order valence-corrected chi connectivity index (χ2v) is 3.99. The Hall–Kier alpha value is -1.68. The first-order chi connectivity index (χ1) is 7.49. The van der Waals surface area contributed by atoms with Gasteiger partial charge in [0.05, 0.1) is 5.69 Å². The van der Waals surface area contributed by atoms with Gasteiger partial charge in [0.2, 0.25) is 5.88 Å². The summed E-state index contributed by atoms with van der Waals surface area (Å²) in [5.74, 6) is -0.558. The van der Waals surface area contributed by atoms with Crippen LogP contribution in [0.25, 0.3) is 0 Å². The molecule has 2 rings (SSSR count). The molecule has 0 saturated heterocycles. The van der Waals surface area contributed by atoms with Crippen LogP contribution < -0.4 is 10.1 Å². The zero-order chi connectivity index (χ0) is 11.9. The molecule has 5 heteroatoms. The Balaban J connectivity index is 2.42. The highest BCUT2D eigenvalue weighted by Crippen LogP contribution is 2.37. The van der Waals surface area contributed by atoms with Crippen LogP contribution in [0, 0.1) is 13.8 Å². The van der Waals surface area contributed by atoms with Gasteiger partial charge in [0, 0.05) is 0 Å². The minimum atomic E-state index is -1.22. The van der Waals surface area contributed by atoms with Crippen LogP contribution in [0.15, 0.2) is 23.0 Å². The van der Waals surface area contributed by atoms with Gasteiger partial charge >= 0.3 is 5.97 Å². The molecule has 84 valence electrons. The van der Waals surface area contributed by atoms with E-state index in [1.54, 1.807) is 0 Å². The molecule has 0 unspecified atom stereocenters. The summed E-state index contributed by atoms with van der Waals surface area (Å²) in [5.41, 5.74) is 2.91. The zero-order valence-corrected chi connectivity index (χ0v) is 9.55. The number of benzene rings is 1. The van der Waals surface area contributed by atoms with Crippen LogP contribution in [-0.4, -0.2) is 11.1 Å². The van der Waals surface area contributed by atoms with E-state index < -0.39 is 5.97 Å². The summed E-state index contributed by atoms with van der Waals surface area (Å²) in [6, 6.07) is 3.74. The molecule has 0 amide bonds. The quantitative estimate of drug-likeness (QED) is 0.740. The number of carboxylic acids is 1. The van der Waals surface area contributed by atoms with Gasteiger partial charge in [-0.1, -0.05) is 11.6 Å². The lowest BCUT2D eigenvalue weighted by atomic mass is 10.1. The highest BCUT2D eigenvalue weighted by molar-refractivity contribution is 6.41. The van der Waals surface area contributed by atoms with Crippen LogP contribution in [0.5, 0.6) is 5.75 Å². The van der Waals surface area contributed by atoms with E-state index in [9.17, 15) is 4.79 Å². The molecule has 0 atom stereocenters. The van der Waals surface area contributed by atoms with Gasteiger partial charge in [-0.2, -0.15) is 0 Å². The maximum atomic E-state index is 10.7. The van der Waals surface area contributed by atoms with Crippen molar-refractivity contribution in [3.8, 4) is 5.75 Å². The number of carboxylic acid groups (broad SMARTS) is 1. The third kappa shape index (κ3) is 1.72. The summed E-state index contributed by atoms with van der Waals surface area (Å²) in [6.45, 7) is 3.93. The molecule has 0 spiro atoms. The van der Waals surface area contributed by atoms with Crippen molar-refractivity contribution in [3.05, 3.63) is 34.2 Å². The number of fused-ring (bicyclic) bond motifs is 1. The fourth-order valence-electron chi connectivity index (χ4n) is 1.43. The predicted molar refractivity (Wildman–Crippen MR) is 60.7 cm³/mol. The van der Waals surface area contributed by atoms with E-state index in [1.165, 1.54) is 0 Å². The Bertz CT molecular complexity index is 475. The van der Waals surface area contributed by atoms with E-state index in [2.05, 4.69) is 5.32 Å². The molecule has 1 aromatic rings. The molecule has 0 radical (unpaired) electrons. The largest absolute Gasteiger partial charge is 0.477 e. The average Bonchev–Trinajstić information content (AvgIpc) is 2.60. The first kappa shape index (κ1) is 10.8. The van der Waals surface area contributed by atoms with Crippen LogP contribution in [0.2, 0.25) is 0 Å². The van der Waals surface area contributed by atoms with Crippen molar-refractivity contribution in [2.75, 3.05) is 5.32 Å². The number of hydrogen-bond donors (Lipinski definition) is 2. The maximum Gasteiger partial charge on any atom is 0.352 e. The van der Waals surface area contributed by atoms with Crippen LogP contribution in [0.1, 0.15) is 11.1 Å². The Morgan fingerprint density at radius 3 is 2.62 bits per heavy atom. The lowest BCUT2D eigenvalue weighted by Crippen LogP contribution is -2.06. The van der Waals surface area contributed by atoms with E-state index in [-0.39, 0.29) is 10.9 Å². The molecule has 1 heterocycles. The monoisotopic (exact) mass is 239 g/mol. The SMILES string of the molecule is Cc1cc2c(cc1C)OC(=C(Cl)C(=O)O)N2. The van der Waals surface area contributed by atoms with Gasteiger partial charge in [-0.3, -0.25) is 0 Å². The predicted octanol–water partition coefficient (Wildman–Crippen LogP) is 2.60. The molecule has 0 fully saturated rings. The van der Waals surface area contributed by atoms with Crippen LogP contribution >= 0.6 is 11.6 Å². The van der Waals surface area contributed by atoms with Crippen LogP contribution in [-0.2, 0) is 4.79 Å². The van der Waals surface area contributed by atoms with Crippen molar-refractivity contribution in [2.24, 2.45) is 0 Å². The summed E-state index contributed by atoms with van der Waals surface area (Å²) in [6.07, 6.45) is 0. The van der Waals surface area contributed by atoms with Gasteiger partial charge < -0.3 is 15.2 Å². The van der Waals surface area contributed by atoms with E-state index in [0.717, 1.165) is 16.8 Å². The Morgan fingerprint density at radius 2 is 2.00 bits per heavy atom. The maximum absolute atomic E-state index is 10.7. The molecule has 1 aliphatic heterocycles. The number of carbonyl (C=O) groups is 1. The number of aryl methyl sites for hydroxylation is 2. The first-order valence-corrected chi connectivity index (χ1v) is 5.06. The lowest BCUT2D eigenvalue weighted by molar-refractivity contribution is -0.132. The van der Waals surface area contributed by atoms with Gasteiger partial charge in [-0.25, -0.2) is 4.79 Å². The van der Waals surface area contributed by atoms with E-state index in [0.29, 0.717) is 5.75 Å². The van der Waals surface area contributed by atoms with E-state index in [1.807, 2.05) is 26.0 Å². The molecule has 16 heavy (non-hydrogen) atoms. The topological polar surface area (TPSA) is 58.6 Å². The number of hydrogen-bond acceptors (Lipinski definition) is 3. The first-order valence-electron chi connectivity index (χ1n) is 4.68. The Kier molecular flexibility index (Phi) is 2.52. The minimum Gasteiger partial charge on any atom is -0.477 e. The molecule has 4 nitrogen and oxygen atoms in total. The second-order valence-electron chi connectivity index (χ2n) is 3.61. The molecular formula is C11H10ClNO3. The fourth-order valence-corrected chi connectivity index (χ4v) is 1.51. The molecule has 0 saturated carbocycles. The molecule has 0 aliphatic carbocycles. The third-order valence-electron chi connectivity index (χ3n) is 2.44. The van der Waals surface area contributed by atoms with Crippen molar-refractivity contribution in [1.82, 2.24) is 0 Å². The van der Waals surface area contributed by atoms with Crippen molar-refractivity contribution < 1.29 is 14.6 Å². The van der Waals surface area contributed by atoms with Gasteiger partial charge in [0.1, 0.15) is 0 Å². The molecule has 0 bridgehead atoms. The van der Waals surface area contributed by atoms with Crippen molar-refractivity contribution in [2.45, 2.75) is 13.8 Å². The molecule has 2 N–H and O–H groups in total. The van der Waals surface area contributed by atoms with Crippen molar-refractivity contribution in [3.63, 3.8) is 0 Å². The fraction of sp³-hybridized carbons (Fsp3) is 0.182. The van der Waals surface area contributed by atoms with Gasteiger partial charge in [0.25, 0.3) is 0 Å². The molecular weight excluding hydrogens is 230 g/mol. The van der Waals surface area contributed by atoms with Crippen LogP contribution in [0.3, 0.4) is 0 Å². The summed E-state index contributed by atoms with van der Waals surface area (Å²) < 4.78 is 5.32. The van der Waals surface area contributed by atoms with Gasteiger partial charge in [-0.15, -0.1) is 0 Å². The molecule has 1 aromatic carbocycles. The summed E-state index contributed by atoms with van der Waals surface area (Å²) in [5, 5.41) is 11.2. The number of rotatable bonds is 1. The van der Waals surface area contributed by atoms with Crippen molar-refractivity contribution >= 4 is 23.3 Å². The van der Waals surface area contributed by atoms with Crippen molar-refractivity contribution in [1.29, 1.82) is 0 Å². The average molecular weight is 240 g/mol. The number of nitrogens with one attached hydrogen (secondary N) is 1. The number of anilines is 1. The standard InChI is InChI=1S/C11H10ClNO3/c1-5-3-7-8(4-6(5)2)16-10(13-7)9(12)11(14)15/h3-4,13H,1-2H3,(H,14,15). The van der Waals surface area contributed by atoms with Crippen LogP contribution in [0.4, 0.5) is 5.69 Å². The van der Waals surface area contributed by atoms with Gasteiger partial charge in [-0.05, 0) is 37.1 Å². The molecule has 1 aliphatic rings. The number of ether oxygens (including phenoxy) is 1. The minimum absolute atomic E-state index is 0.0640. The summed E-state index contributed by atoms with van der Waals surface area (Å²) >= 11 is 5.58. The zero-order valence-electron chi connectivity index (χ0n) is 8.80. The summed E-state index contributed by atoms with van der Waals surface area (Å²) in [4.78, 5) is 10.7. The third-order valence-corrected chi connectivity index (χ3v) is 2.78. The Morgan fingerprint density at radius 1 is 1.38 bits per heavy atom. The lowest BCUT2D eigenvalue weighted by Gasteiger charge is -2.01. The molecule has 0 aromatic heterocycles. The van der Waals surface area contributed by atoms with E-state index >= 15 is 0 Å². The number of halogens is 1. The van der Waals surface area contributed by atoms with E-state index in [4.69, 9.17) is 21.4 Å². The summed E-state index contributed by atoms with van der Waals surface area (Å²) in [7, 11) is 0.